The van der Waals surface area contributed by atoms with Gasteiger partial charge in [0.05, 0.1) is 17.3 Å². The first-order valence-electron chi connectivity index (χ1n) is 8.11. The van der Waals surface area contributed by atoms with Gasteiger partial charge in [-0.15, -0.1) is 0 Å². The number of hydrogen-bond donors (Lipinski definition) is 1. The maximum absolute atomic E-state index is 13.6. The molecular formula is C19H22FN3O. The van der Waals surface area contributed by atoms with Crippen molar-refractivity contribution >= 4 is 17.3 Å². The Balaban J connectivity index is 1.87. The van der Waals surface area contributed by atoms with Crippen molar-refractivity contribution in [2.45, 2.75) is 13.0 Å². The van der Waals surface area contributed by atoms with Crippen molar-refractivity contribution in [3.63, 3.8) is 0 Å². The number of rotatable bonds is 3. The molecule has 2 aromatic carbocycles. The molecule has 126 valence electrons. The fourth-order valence-electron chi connectivity index (χ4n) is 3.11. The number of nitrogens with zero attached hydrogens (tertiary/aromatic N) is 2. The van der Waals surface area contributed by atoms with E-state index >= 15 is 0 Å². The summed E-state index contributed by atoms with van der Waals surface area (Å²) >= 11 is 0. The summed E-state index contributed by atoms with van der Waals surface area (Å²) in [4.78, 5) is 16.7. The molecule has 2 unspecified atom stereocenters. The lowest BCUT2D eigenvalue weighted by atomic mass is 9.93. The molecule has 2 N–H and O–H groups in total. The Morgan fingerprint density at radius 1 is 1.12 bits per heavy atom. The van der Waals surface area contributed by atoms with E-state index in [0.29, 0.717) is 13.1 Å². The van der Waals surface area contributed by atoms with Crippen LogP contribution in [0, 0.1) is 11.7 Å². The highest BCUT2D eigenvalue weighted by Gasteiger charge is 2.31. The van der Waals surface area contributed by atoms with Crippen LogP contribution in [0.3, 0.4) is 0 Å². The highest BCUT2D eigenvalue weighted by atomic mass is 19.1. The van der Waals surface area contributed by atoms with Gasteiger partial charge in [0.25, 0.3) is 0 Å². The predicted molar refractivity (Wildman–Crippen MR) is 94.6 cm³/mol. The molecule has 1 aliphatic rings. The average Bonchev–Trinajstić information content (AvgIpc) is 2.61. The largest absolute Gasteiger partial charge is 0.371 e. The van der Waals surface area contributed by atoms with E-state index in [2.05, 4.69) is 0 Å². The first-order chi connectivity index (χ1) is 11.5. The van der Waals surface area contributed by atoms with Gasteiger partial charge in [-0.05, 0) is 23.8 Å². The van der Waals surface area contributed by atoms with E-state index in [0.717, 1.165) is 16.9 Å². The third-order valence-corrected chi connectivity index (χ3v) is 4.68. The molecule has 4 nitrogen and oxygen atoms in total. The van der Waals surface area contributed by atoms with Crippen molar-refractivity contribution in [3.05, 3.63) is 59.9 Å². The number of carbonyl (C=O) groups is 1. The van der Waals surface area contributed by atoms with Gasteiger partial charge in [-0.3, -0.25) is 4.79 Å². The monoisotopic (exact) mass is 327 g/mol. The van der Waals surface area contributed by atoms with Crippen LogP contribution in [-0.4, -0.2) is 26.0 Å². The van der Waals surface area contributed by atoms with E-state index in [-0.39, 0.29) is 23.7 Å². The molecule has 0 aliphatic carbocycles. The SMILES string of the molecule is CC(C(=O)N1CCN(C)c2cc(F)ccc21)C(N)c1ccccc1. The van der Waals surface area contributed by atoms with Gasteiger partial charge in [0.15, 0.2) is 0 Å². The molecule has 3 rings (SSSR count). The highest BCUT2D eigenvalue weighted by Crippen LogP contribution is 2.34. The van der Waals surface area contributed by atoms with Crippen molar-refractivity contribution in [1.29, 1.82) is 0 Å². The lowest BCUT2D eigenvalue weighted by Gasteiger charge is -2.37. The van der Waals surface area contributed by atoms with E-state index in [9.17, 15) is 9.18 Å². The normalized spacial score (nSPS) is 16.5. The Hall–Kier alpha value is -2.40. The molecule has 1 amide bonds. The second-order valence-electron chi connectivity index (χ2n) is 6.27. The Labute approximate surface area is 141 Å². The summed E-state index contributed by atoms with van der Waals surface area (Å²) in [7, 11) is 1.90. The topological polar surface area (TPSA) is 49.6 Å². The van der Waals surface area contributed by atoms with Crippen LogP contribution in [0.2, 0.25) is 0 Å². The van der Waals surface area contributed by atoms with Crippen molar-refractivity contribution in [2.75, 3.05) is 29.9 Å². The van der Waals surface area contributed by atoms with Gasteiger partial charge in [-0.25, -0.2) is 4.39 Å². The molecule has 0 saturated heterocycles. The Morgan fingerprint density at radius 3 is 2.54 bits per heavy atom. The number of fused-ring (bicyclic) bond motifs is 1. The summed E-state index contributed by atoms with van der Waals surface area (Å²) in [6.07, 6.45) is 0. The Kier molecular flexibility index (Phi) is 4.53. The van der Waals surface area contributed by atoms with E-state index in [1.54, 1.807) is 11.0 Å². The molecule has 2 aromatic rings. The van der Waals surface area contributed by atoms with Gasteiger partial charge in [0.2, 0.25) is 5.91 Å². The summed E-state index contributed by atoms with van der Waals surface area (Å²) in [5.74, 6) is -0.704. The minimum atomic E-state index is -0.373. The number of likely N-dealkylation sites (N-methyl/N-ethyl adjacent to an activating group) is 1. The minimum absolute atomic E-state index is 0.0349. The van der Waals surface area contributed by atoms with Crippen LogP contribution < -0.4 is 15.5 Å². The fourth-order valence-corrected chi connectivity index (χ4v) is 3.11. The zero-order chi connectivity index (χ0) is 17.3. The van der Waals surface area contributed by atoms with Gasteiger partial charge in [-0.1, -0.05) is 37.3 Å². The van der Waals surface area contributed by atoms with Crippen LogP contribution in [0.15, 0.2) is 48.5 Å². The highest BCUT2D eigenvalue weighted by molar-refractivity contribution is 5.99. The first-order valence-corrected chi connectivity index (χ1v) is 8.11. The van der Waals surface area contributed by atoms with Crippen molar-refractivity contribution in [3.8, 4) is 0 Å². The summed E-state index contributed by atoms with van der Waals surface area (Å²) in [5, 5.41) is 0. The summed E-state index contributed by atoms with van der Waals surface area (Å²) in [6.45, 7) is 3.08. The fraction of sp³-hybridized carbons (Fsp3) is 0.316. The Bertz CT molecular complexity index is 735. The number of hydrogen-bond acceptors (Lipinski definition) is 3. The third-order valence-electron chi connectivity index (χ3n) is 4.68. The van der Waals surface area contributed by atoms with Gasteiger partial charge in [0.1, 0.15) is 5.82 Å². The number of halogens is 1. The molecule has 24 heavy (non-hydrogen) atoms. The lowest BCUT2D eigenvalue weighted by Crippen LogP contribution is -2.46. The Morgan fingerprint density at radius 2 is 1.83 bits per heavy atom. The smallest absolute Gasteiger partial charge is 0.231 e. The lowest BCUT2D eigenvalue weighted by molar-refractivity contribution is -0.122. The second kappa shape index (κ2) is 6.61. The van der Waals surface area contributed by atoms with Crippen molar-refractivity contribution < 1.29 is 9.18 Å². The number of nitrogens with two attached hydrogens (primary N) is 1. The molecule has 0 saturated carbocycles. The number of anilines is 2. The molecule has 0 bridgehead atoms. The number of amides is 1. The number of carbonyl (C=O) groups excluding carboxylic acids is 1. The zero-order valence-electron chi connectivity index (χ0n) is 13.9. The first kappa shape index (κ1) is 16.5. The van der Waals surface area contributed by atoms with Crippen molar-refractivity contribution in [1.82, 2.24) is 0 Å². The molecule has 0 fully saturated rings. The predicted octanol–water partition coefficient (Wildman–Crippen LogP) is 2.94. The average molecular weight is 327 g/mol. The summed E-state index contributed by atoms with van der Waals surface area (Å²) < 4.78 is 13.6. The van der Waals surface area contributed by atoms with Gasteiger partial charge >= 0.3 is 0 Å². The van der Waals surface area contributed by atoms with Crippen LogP contribution in [0.25, 0.3) is 0 Å². The molecule has 1 heterocycles. The molecule has 0 radical (unpaired) electrons. The maximum Gasteiger partial charge on any atom is 0.231 e. The molecule has 2 atom stereocenters. The molecular weight excluding hydrogens is 305 g/mol. The van der Waals surface area contributed by atoms with Crippen LogP contribution in [0.1, 0.15) is 18.5 Å². The molecule has 0 spiro atoms. The van der Waals surface area contributed by atoms with E-state index in [1.165, 1.54) is 12.1 Å². The van der Waals surface area contributed by atoms with E-state index in [1.807, 2.05) is 49.2 Å². The van der Waals surface area contributed by atoms with Gasteiger partial charge in [-0.2, -0.15) is 0 Å². The maximum atomic E-state index is 13.6. The van der Waals surface area contributed by atoms with E-state index < -0.39 is 0 Å². The standard InChI is InChI=1S/C19H22FN3O/c1-13(18(21)14-6-4-3-5-7-14)19(24)23-11-10-22(2)17-12-15(20)8-9-16(17)23/h3-9,12-13,18H,10-11,21H2,1-2H3. The number of benzene rings is 2. The molecule has 1 aliphatic heterocycles. The second-order valence-corrected chi connectivity index (χ2v) is 6.27. The van der Waals surface area contributed by atoms with Crippen molar-refractivity contribution in [2.24, 2.45) is 11.7 Å². The third kappa shape index (κ3) is 2.99. The minimum Gasteiger partial charge on any atom is -0.371 e. The van der Waals surface area contributed by atoms with Crippen LogP contribution >= 0.6 is 0 Å². The van der Waals surface area contributed by atoms with Crippen LogP contribution in [-0.2, 0) is 4.79 Å². The molecule has 0 aromatic heterocycles. The zero-order valence-corrected chi connectivity index (χ0v) is 13.9. The van der Waals surface area contributed by atoms with E-state index in [4.69, 9.17) is 5.73 Å². The van der Waals surface area contributed by atoms with Crippen LogP contribution in [0.5, 0.6) is 0 Å². The van der Waals surface area contributed by atoms with Gasteiger partial charge in [0, 0.05) is 26.2 Å². The summed E-state index contributed by atoms with van der Waals surface area (Å²) in [6, 6.07) is 13.8. The van der Waals surface area contributed by atoms with Crippen LogP contribution in [0.4, 0.5) is 15.8 Å². The molecule has 5 heteroatoms. The quantitative estimate of drug-likeness (QED) is 0.943. The summed E-state index contributed by atoms with van der Waals surface area (Å²) in [5.41, 5.74) is 8.71. The van der Waals surface area contributed by atoms with Gasteiger partial charge < -0.3 is 15.5 Å².